The molecule has 0 radical (unpaired) electrons. The second-order valence-electron chi connectivity index (χ2n) is 5.94. The molecule has 5 heteroatoms. The van der Waals surface area contributed by atoms with Crippen molar-refractivity contribution >= 4 is 6.03 Å². The van der Waals surface area contributed by atoms with Gasteiger partial charge in [0, 0.05) is 12.6 Å². The monoisotopic (exact) mass is 326 g/mol. The summed E-state index contributed by atoms with van der Waals surface area (Å²) in [6, 6.07) is 15.9. The fourth-order valence-electron chi connectivity index (χ4n) is 2.61. The van der Waals surface area contributed by atoms with Crippen LogP contribution in [0, 0.1) is 0 Å². The molecule has 24 heavy (non-hydrogen) atoms. The van der Waals surface area contributed by atoms with Crippen molar-refractivity contribution in [3.63, 3.8) is 0 Å². The Morgan fingerprint density at radius 1 is 1.08 bits per heavy atom. The molecule has 2 amide bonds. The van der Waals surface area contributed by atoms with Gasteiger partial charge in [0.25, 0.3) is 0 Å². The molecule has 0 bridgehead atoms. The zero-order valence-electron chi connectivity index (χ0n) is 13.7. The minimum absolute atomic E-state index is 0.113. The Morgan fingerprint density at radius 2 is 1.88 bits per heavy atom. The first-order valence-electron chi connectivity index (χ1n) is 8.17. The van der Waals surface area contributed by atoms with Crippen molar-refractivity contribution in [2.75, 3.05) is 6.79 Å². The number of benzene rings is 2. The second kappa shape index (κ2) is 7.73. The second-order valence-corrected chi connectivity index (χ2v) is 5.94. The van der Waals surface area contributed by atoms with Gasteiger partial charge in [0.05, 0.1) is 0 Å². The van der Waals surface area contributed by atoms with E-state index in [2.05, 4.69) is 22.8 Å². The lowest BCUT2D eigenvalue weighted by molar-refractivity contribution is 0.174. The van der Waals surface area contributed by atoms with Gasteiger partial charge < -0.3 is 20.1 Å². The molecule has 2 aromatic rings. The van der Waals surface area contributed by atoms with Crippen molar-refractivity contribution < 1.29 is 14.3 Å². The quantitative estimate of drug-likeness (QED) is 0.857. The van der Waals surface area contributed by atoms with Crippen molar-refractivity contribution in [1.82, 2.24) is 10.6 Å². The fourth-order valence-corrected chi connectivity index (χ4v) is 2.61. The maximum absolute atomic E-state index is 12.0. The van der Waals surface area contributed by atoms with Crippen LogP contribution in [-0.2, 0) is 13.0 Å². The topological polar surface area (TPSA) is 59.6 Å². The SMILES string of the molecule is C[C@H](CCc1ccccc1)NC(=O)NCc1ccc2c(c1)OCO2. The van der Waals surface area contributed by atoms with Gasteiger partial charge in [0.15, 0.2) is 11.5 Å². The van der Waals surface area contributed by atoms with Gasteiger partial charge in [0.2, 0.25) is 6.79 Å². The predicted octanol–water partition coefficient (Wildman–Crippen LogP) is 3.24. The Morgan fingerprint density at radius 3 is 2.71 bits per heavy atom. The Balaban J connectivity index is 1.40. The molecule has 0 aliphatic carbocycles. The average Bonchev–Trinajstić information content (AvgIpc) is 3.07. The molecule has 1 atom stereocenters. The van der Waals surface area contributed by atoms with Gasteiger partial charge in [-0.25, -0.2) is 4.79 Å². The van der Waals surface area contributed by atoms with E-state index in [0.717, 1.165) is 29.9 Å². The van der Waals surface area contributed by atoms with Crippen LogP contribution in [0.25, 0.3) is 0 Å². The molecular formula is C19H22N2O3. The molecule has 0 unspecified atom stereocenters. The van der Waals surface area contributed by atoms with E-state index < -0.39 is 0 Å². The minimum Gasteiger partial charge on any atom is -0.454 e. The highest BCUT2D eigenvalue weighted by atomic mass is 16.7. The van der Waals surface area contributed by atoms with Crippen LogP contribution in [0.4, 0.5) is 4.79 Å². The molecule has 2 N–H and O–H groups in total. The summed E-state index contributed by atoms with van der Waals surface area (Å²) in [5.41, 5.74) is 2.26. The lowest BCUT2D eigenvalue weighted by atomic mass is 10.1. The van der Waals surface area contributed by atoms with Crippen molar-refractivity contribution in [2.45, 2.75) is 32.4 Å². The van der Waals surface area contributed by atoms with E-state index in [1.165, 1.54) is 5.56 Å². The summed E-state index contributed by atoms with van der Waals surface area (Å²) >= 11 is 0. The first-order chi connectivity index (χ1) is 11.7. The van der Waals surface area contributed by atoms with E-state index in [9.17, 15) is 4.79 Å². The number of fused-ring (bicyclic) bond motifs is 1. The third kappa shape index (κ3) is 4.41. The van der Waals surface area contributed by atoms with Crippen molar-refractivity contribution in [3.05, 3.63) is 59.7 Å². The molecule has 1 heterocycles. The number of amides is 2. The highest BCUT2D eigenvalue weighted by Gasteiger charge is 2.13. The molecule has 0 aromatic heterocycles. The highest BCUT2D eigenvalue weighted by molar-refractivity contribution is 5.74. The Hall–Kier alpha value is -2.69. The Kier molecular flexibility index (Phi) is 5.21. The third-order valence-electron chi connectivity index (χ3n) is 3.98. The summed E-state index contributed by atoms with van der Waals surface area (Å²) < 4.78 is 10.6. The van der Waals surface area contributed by atoms with Crippen LogP contribution in [0.15, 0.2) is 48.5 Å². The largest absolute Gasteiger partial charge is 0.454 e. The van der Waals surface area contributed by atoms with E-state index in [1.54, 1.807) is 0 Å². The van der Waals surface area contributed by atoms with Crippen LogP contribution in [-0.4, -0.2) is 18.9 Å². The number of carbonyl (C=O) groups is 1. The van der Waals surface area contributed by atoms with Crippen LogP contribution in [0.3, 0.4) is 0 Å². The van der Waals surface area contributed by atoms with E-state index >= 15 is 0 Å². The average molecular weight is 326 g/mol. The van der Waals surface area contributed by atoms with Crippen LogP contribution in [0.1, 0.15) is 24.5 Å². The zero-order chi connectivity index (χ0) is 16.8. The number of ether oxygens (including phenoxy) is 2. The van der Waals surface area contributed by atoms with E-state index in [0.29, 0.717) is 6.54 Å². The van der Waals surface area contributed by atoms with Crippen molar-refractivity contribution in [1.29, 1.82) is 0 Å². The Bertz CT molecular complexity index is 688. The number of rotatable bonds is 6. The molecule has 0 saturated heterocycles. The summed E-state index contributed by atoms with van der Waals surface area (Å²) in [4.78, 5) is 12.0. The summed E-state index contributed by atoms with van der Waals surface area (Å²) in [5, 5.41) is 5.84. The third-order valence-corrected chi connectivity index (χ3v) is 3.98. The summed E-state index contributed by atoms with van der Waals surface area (Å²) in [5.74, 6) is 1.48. The number of nitrogens with one attached hydrogen (secondary N) is 2. The highest BCUT2D eigenvalue weighted by Crippen LogP contribution is 2.32. The number of hydrogen-bond acceptors (Lipinski definition) is 3. The van der Waals surface area contributed by atoms with Gasteiger partial charge in [-0.1, -0.05) is 36.4 Å². The van der Waals surface area contributed by atoms with Gasteiger partial charge >= 0.3 is 6.03 Å². The standard InChI is InChI=1S/C19H22N2O3/c1-14(7-8-15-5-3-2-4-6-15)21-19(22)20-12-16-9-10-17-18(11-16)24-13-23-17/h2-6,9-11,14H,7-8,12-13H2,1H3,(H2,20,21,22)/t14-/m1/s1. The Labute approximate surface area is 142 Å². The molecule has 2 aromatic carbocycles. The summed E-state index contributed by atoms with van der Waals surface area (Å²) in [6.45, 7) is 2.72. The molecule has 0 saturated carbocycles. The smallest absolute Gasteiger partial charge is 0.315 e. The van der Waals surface area contributed by atoms with Gasteiger partial charge in [0.1, 0.15) is 0 Å². The van der Waals surface area contributed by atoms with Gasteiger partial charge in [-0.2, -0.15) is 0 Å². The molecule has 0 spiro atoms. The van der Waals surface area contributed by atoms with Gasteiger partial charge in [-0.05, 0) is 43.0 Å². The van der Waals surface area contributed by atoms with E-state index in [4.69, 9.17) is 9.47 Å². The first-order valence-corrected chi connectivity index (χ1v) is 8.17. The van der Waals surface area contributed by atoms with Crippen LogP contribution in [0.2, 0.25) is 0 Å². The van der Waals surface area contributed by atoms with Crippen LogP contribution < -0.4 is 20.1 Å². The molecule has 5 nitrogen and oxygen atoms in total. The van der Waals surface area contributed by atoms with Crippen LogP contribution >= 0.6 is 0 Å². The lowest BCUT2D eigenvalue weighted by Gasteiger charge is -2.15. The lowest BCUT2D eigenvalue weighted by Crippen LogP contribution is -2.40. The number of urea groups is 1. The fraction of sp³-hybridized carbons (Fsp3) is 0.316. The number of carbonyl (C=O) groups excluding carboxylic acids is 1. The zero-order valence-corrected chi connectivity index (χ0v) is 13.7. The van der Waals surface area contributed by atoms with E-state index in [-0.39, 0.29) is 18.9 Å². The summed E-state index contributed by atoms with van der Waals surface area (Å²) in [7, 11) is 0. The van der Waals surface area contributed by atoms with Gasteiger partial charge in [-0.3, -0.25) is 0 Å². The van der Waals surface area contributed by atoms with E-state index in [1.807, 2.05) is 43.3 Å². The maximum atomic E-state index is 12.0. The number of hydrogen-bond donors (Lipinski definition) is 2. The predicted molar refractivity (Wildman–Crippen MR) is 92.2 cm³/mol. The number of aryl methyl sites for hydroxylation is 1. The minimum atomic E-state index is -0.159. The first kappa shape index (κ1) is 16.2. The van der Waals surface area contributed by atoms with Gasteiger partial charge in [-0.15, -0.1) is 0 Å². The molecule has 1 aliphatic rings. The molecule has 3 rings (SSSR count). The summed E-state index contributed by atoms with van der Waals surface area (Å²) in [6.07, 6.45) is 1.85. The maximum Gasteiger partial charge on any atom is 0.315 e. The molecule has 126 valence electrons. The van der Waals surface area contributed by atoms with Crippen molar-refractivity contribution in [2.24, 2.45) is 0 Å². The molecule has 0 fully saturated rings. The molecule has 1 aliphatic heterocycles. The van der Waals surface area contributed by atoms with Crippen LogP contribution in [0.5, 0.6) is 11.5 Å². The van der Waals surface area contributed by atoms with Crippen molar-refractivity contribution in [3.8, 4) is 11.5 Å². The molecular weight excluding hydrogens is 304 g/mol. The normalized spacial score (nSPS) is 13.4.